The molecule has 0 aliphatic carbocycles. The number of nitriles is 1. The molecule has 0 amide bonds. The molecule has 1 N–H and O–H groups in total. The van der Waals surface area contributed by atoms with Gasteiger partial charge in [-0.3, -0.25) is 4.57 Å². The van der Waals surface area contributed by atoms with Gasteiger partial charge in [-0.15, -0.1) is 0 Å². The lowest BCUT2D eigenvalue weighted by Crippen LogP contribution is -1.99. The maximum absolute atomic E-state index is 8.97. The number of fused-ring (bicyclic) bond motifs is 1. The molecule has 2 aromatic heterocycles. The average molecular weight is 317 g/mol. The quantitative estimate of drug-likeness (QED) is 0.733. The van der Waals surface area contributed by atoms with Gasteiger partial charge >= 0.3 is 0 Å². The van der Waals surface area contributed by atoms with Gasteiger partial charge in [0.1, 0.15) is 5.75 Å². The van der Waals surface area contributed by atoms with Crippen molar-refractivity contribution in [1.82, 2.24) is 14.5 Å². The predicted octanol–water partition coefficient (Wildman–Crippen LogP) is 3.62. The molecule has 0 saturated carbocycles. The van der Waals surface area contributed by atoms with Crippen LogP contribution in [0.1, 0.15) is 5.56 Å². The van der Waals surface area contributed by atoms with Crippen LogP contribution in [-0.4, -0.2) is 21.6 Å². The number of methoxy groups -OCH3 is 1. The molecule has 104 valence electrons. The van der Waals surface area contributed by atoms with Crippen molar-refractivity contribution in [2.45, 2.75) is 0 Å². The van der Waals surface area contributed by atoms with Crippen LogP contribution >= 0.6 is 23.8 Å². The number of rotatable bonds is 2. The van der Waals surface area contributed by atoms with Crippen LogP contribution in [0, 0.1) is 16.1 Å². The summed E-state index contributed by atoms with van der Waals surface area (Å²) in [5.41, 5.74) is 2.60. The van der Waals surface area contributed by atoms with Crippen LogP contribution in [0.15, 0.2) is 30.5 Å². The molecule has 0 spiro atoms. The summed E-state index contributed by atoms with van der Waals surface area (Å²) in [6.45, 7) is 0. The second-order valence-electron chi connectivity index (χ2n) is 4.29. The van der Waals surface area contributed by atoms with Gasteiger partial charge in [-0.05, 0) is 30.4 Å². The number of nitrogens with one attached hydrogen (secondary N) is 1. The summed E-state index contributed by atoms with van der Waals surface area (Å²) in [4.78, 5) is 7.36. The fraction of sp³-hybridized carbons (Fsp3) is 0.0714. The van der Waals surface area contributed by atoms with Gasteiger partial charge in [0.15, 0.2) is 10.4 Å². The SMILES string of the molecule is COc1cc(C#N)ccc1-n1c(=S)[nH]c2cc(Cl)cnc21. The maximum Gasteiger partial charge on any atom is 0.184 e. The summed E-state index contributed by atoms with van der Waals surface area (Å²) in [7, 11) is 1.54. The van der Waals surface area contributed by atoms with E-state index in [9.17, 15) is 0 Å². The number of H-pyrrole nitrogens is 1. The van der Waals surface area contributed by atoms with Crippen molar-refractivity contribution >= 4 is 35.0 Å². The molecule has 3 rings (SSSR count). The molecular formula is C14H9ClN4OS. The molecule has 0 saturated heterocycles. The molecule has 0 aliphatic heterocycles. The smallest absolute Gasteiger partial charge is 0.184 e. The van der Waals surface area contributed by atoms with E-state index >= 15 is 0 Å². The van der Waals surface area contributed by atoms with Gasteiger partial charge in [-0.1, -0.05) is 11.6 Å². The third kappa shape index (κ3) is 2.27. The monoisotopic (exact) mass is 316 g/mol. The van der Waals surface area contributed by atoms with Crippen molar-refractivity contribution in [3.8, 4) is 17.5 Å². The van der Waals surface area contributed by atoms with Crippen LogP contribution in [-0.2, 0) is 0 Å². The lowest BCUT2D eigenvalue weighted by molar-refractivity contribution is 0.413. The van der Waals surface area contributed by atoms with Gasteiger partial charge in [-0.25, -0.2) is 4.98 Å². The van der Waals surface area contributed by atoms with E-state index in [4.69, 9.17) is 33.8 Å². The maximum atomic E-state index is 8.97. The van der Waals surface area contributed by atoms with Crippen molar-refractivity contribution in [2.75, 3.05) is 7.11 Å². The van der Waals surface area contributed by atoms with E-state index in [1.807, 2.05) is 0 Å². The highest BCUT2D eigenvalue weighted by atomic mass is 35.5. The van der Waals surface area contributed by atoms with E-state index in [2.05, 4.69) is 16.0 Å². The van der Waals surface area contributed by atoms with Gasteiger partial charge in [0.05, 0.1) is 35.0 Å². The molecule has 0 aliphatic rings. The van der Waals surface area contributed by atoms with Crippen LogP contribution in [0.4, 0.5) is 0 Å². The number of ether oxygens (including phenoxy) is 1. The summed E-state index contributed by atoms with van der Waals surface area (Å²) in [5.74, 6) is 0.544. The number of nitrogens with zero attached hydrogens (tertiary/aromatic N) is 3. The Labute approximate surface area is 130 Å². The highest BCUT2D eigenvalue weighted by molar-refractivity contribution is 7.71. The Balaban J connectivity index is 2.33. The third-order valence-corrected chi connectivity index (χ3v) is 3.53. The first kappa shape index (κ1) is 13.6. The molecule has 0 radical (unpaired) electrons. The minimum atomic E-state index is 0.475. The van der Waals surface area contributed by atoms with E-state index in [1.54, 1.807) is 42.1 Å². The van der Waals surface area contributed by atoms with Crippen molar-refractivity contribution in [3.05, 3.63) is 45.8 Å². The normalized spacial score (nSPS) is 10.5. The lowest BCUT2D eigenvalue weighted by atomic mass is 10.2. The molecule has 1 aromatic carbocycles. The summed E-state index contributed by atoms with van der Waals surface area (Å²) in [5, 5.41) is 9.50. The summed E-state index contributed by atoms with van der Waals surface area (Å²) in [6, 6.07) is 8.97. The van der Waals surface area contributed by atoms with Gasteiger partial charge in [0.25, 0.3) is 0 Å². The second kappa shape index (κ2) is 5.20. The number of aromatic amines is 1. The van der Waals surface area contributed by atoms with Gasteiger partial charge in [-0.2, -0.15) is 5.26 Å². The largest absolute Gasteiger partial charge is 0.495 e. The van der Waals surface area contributed by atoms with E-state index < -0.39 is 0 Å². The zero-order valence-corrected chi connectivity index (χ0v) is 12.5. The molecule has 7 heteroatoms. The number of imidazole rings is 1. The molecule has 2 heterocycles. The number of benzene rings is 1. The van der Waals surface area contributed by atoms with Crippen molar-refractivity contribution in [3.63, 3.8) is 0 Å². The molecular weight excluding hydrogens is 308 g/mol. The zero-order valence-electron chi connectivity index (χ0n) is 10.9. The van der Waals surface area contributed by atoms with E-state index in [0.717, 1.165) is 5.52 Å². The minimum Gasteiger partial charge on any atom is -0.495 e. The number of halogens is 1. The topological polar surface area (TPSA) is 66.6 Å². The van der Waals surface area contributed by atoms with Crippen LogP contribution in [0.2, 0.25) is 5.02 Å². The van der Waals surface area contributed by atoms with Gasteiger partial charge in [0, 0.05) is 12.3 Å². The molecule has 21 heavy (non-hydrogen) atoms. The standard InChI is InChI=1S/C14H9ClN4OS/c1-20-12-4-8(6-16)2-3-11(12)19-13-10(18-14(19)21)5-9(15)7-17-13/h2-5,7H,1H3,(H,18,21). The Hall–Kier alpha value is -2.36. The second-order valence-corrected chi connectivity index (χ2v) is 5.11. The lowest BCUT2D eigenvalue weighted by Gasteiger charge is -2.10. The highest BCUT2D eigenvalue weighted by Crippen LogP contribution is 2.28. The van der Waals surface area contributed by atoms with Crippen molar-refractivity contribution in [1.29, 1.82) is 5.26 Å². The molecule has 0 fully saturated rings. The van der Waals surface area contributed by atoms with Gasteiger partial charge < -0.3 is 9.72 Å². The number of hydrogen-bond donors (Lipinski definition) is 1. The van der Waals surface area contributed by atoms with Crippen LogP contribution < -0.4 is 4.74 Å². The Morgan fingerprint density at radius 3 is 2.95 bits per heavy atom. The summed E-state index contributed by atoms with van der Waals surface area (Å²) >= 11 is 11.3. The van der Waals surface area contributed by atoms with E-state index in [1.165, 1.54) is 0 Å². The molecule has 0 atom stereocenters. The van der Waals surface area contributed by atoms with E-state index in [-0.39, 0.29) is 0 Å². The van der Waals surface area contributed by atoms with Crippen LogP contribution in [0.3, 0.4) is 0 Å². The molecule has 5 nitrogen and oxygen atoms in total. The number of hydrogen-bond acceptors (Lipinski definition) is 4. The third-order valence-electron chi connectivity index (χ3n) is 3.04. The zero-order chi connectivity index (χ0) is 15.0. The fourth-order valence-electron chi connectivity index (χ4n) is 2.12. The minimum absolute atomic E-state index is 0.475. The Bertz CT molecular complexity index is 938. The summed E-state index contributed by atoms with van der Waals surface area (Å²) in [6.07, 6.45) is 1.55. The Kier molecular flexibility index (Phi) is 3.37. The van der Waals surface area contributed by atoms with Gasteiger partial charge in [0.2, 0.25) is 0 Å². The first-order chi connectivity index (χ1) is 10.1. The van der Waals surface area contributed by atoms with E-state index in [0.29, 0.717) is 32.4 Å². The summed E-state index contributed by atoms with van der Waals surface area (Å²) < 4.78 is 7.58. The Morgan fingerprint density at radius 1 is 1.43 bits per heavy atom. The molecule has 0 unspecified atom stereocenters. The first-order valence-corrected chi connectivity index (χ1v) is 6.77. The van der Waals surface area contributed by atoms with Crippen molar-refractivity contribution < 1.29 is 4.74 Å². The fourth-order valence-corrected chi connectivity index (χ4v) is 2.58. The molecule has 0 bridgehead atoms. The number of pyridine rings is 1. The average Bonchev–Trinajstić information content (AvgIpc) is 2.81. The van der Waals surface area contributed by atoms with Crippen LogP contribution in [0.25, 0.3) is 16.9 Å². The van der Waals surface area contributed by atoms with Crippen molar-refractivity contribution in [2.24, 2.45) is 0 Å². The van der Waals surface area contributed by atoms with Crippen LogP contribution in [0.5, 0.6) is 5.75 Å². The predicted molar refractivity (Wildman–Crippen MR) is 82.5 cm³/mol. The molecule has 3 aromatic rings. The first-order valence-electron chi connectivity index (χ1n) is 5.99. The number of aromatic nitrogens is 3. The highest BCUT2D eigenvalue weighted by Gasteiger charge is 2.13. The Morgan fingerprint density at radius 2 is 2.24 bits per heavy atom.